The molecule has 0 amide bonds. The molecule has 0 aromatic rings. The molecule has 3 N–H and O–H groups in total. The van der Waals surface area contributed by atoms with Gasteiger partial charge in [-0.2, -0.15) is 0 Å². The number of carbonyl (C=O) groups is 4. The van der Waals surface area contributed by atoms with E-state index in [2.05, 4.69) is 149 Å². The van der Waals surface area contributed by atoms with E-state index in [4.69, 9.17) is 37.0 Å². The number of carbonyl (C=O) groups excluding carboxylic acids is 4. The van der Waals surface area contributed by atoms with Crippen molar-refractivity contribution < 1.29 is 80.2 Å². The maximum atomic E-state index is 13.1. The lowest BCUT2D eigenvalue weighted by Gasteiger charge is -2.21. The number of allylic oxidation sites excluding steroid dienone is 20. The van der Waals surface area contributed by atoms with Crippen LogP contribution in [0.15, 0.2) is 122 Å². The summed E-state index contributed by atoms with van der Waals surface area (Å²) in [7, 11) is -9.98. The summed E-state index contributed by atoms with van der Waals surface area (Å²) in [6, 6.07) is 0. The number of rotatable bonds is 74. The van der Waals surface area contributed by atoms with Crippen molar-refractivity contribution in [1.29, 1.82) is 0 Å². The number of unbranched alkanes of at least 4 members (excludes halogenated alkanes) is 28. The topological polar surface area (TPSA) is 237 Å². The molecule has 0 aliphatic carbocycles. The van der Waals surface area contributed by atoms with Crippen molar-refractivity contribution in [3.8, 4) is 0 Å². The Hall–Kier alpha value is -4.54. The van der Waals surface area contributed by atoms with Crippen LogP contribution in [-0.2, 0) is 65.4 Å². The molecule has 102 heavy (non-hydrogen) atoms. The highest BCUT2D eigenvalue weighted by molar-refractivity contribution is 7.47. The van der Waals surface area contributed by atoms with E-state index in [0.29, 0.717) is 25.7 Å². The summed E-state index contributed by atoms with van der Waals surface area (Å²) in [4.78, 5) is 73.0. The molecule has 0 radical (unpaired) electrons. The Balaban J connectivity index is 5.42. The quantitative estimate of drug-likeness (QED) is 0.0169. The zero-order chi connectivity index (χ0) is 74.6. The van der Waals surface area contributed by atoms with Gasteiger partial charge < -0.3 is 33.8 Å². The molecule has 0 saturated carbocycles. The largest absolute Gasteiger partial charge is 0.472 e. The first-order chi connectivity index (χ1) is 49.7. The first kappa shape index (κ1) is 97.5. The summed E-state index contributed by atoms with van der Waals surface area (Å²) in [5, 5.41) is 10.6. The minimum Gasteiger partial charge on any atom is -0.462 e. The van der Waals surface area contributed by atoms with Crippen LogP contribution in [0, 0.1) is 0 Å². The van der Waals surface area contributed by atoms with Crippen LogP contribution < -0.4 is 0 Å². The number of aliphatic hydroxyl groups excluding tert-OH is 1. The predicted molar refractivity (Wildman–Crippen MR) is 418 cm³/mol. The van der Waals surface area contributed by atoms with Gasteiger partial charge >= 0.3 is 39.5 Å². The van der Waals surface area contributed by atoms with Crippen molar-refractivity contribution in [2.24, 2.45) is 0 Å². The summed E-state index contributed by atoms with van der Waals surface area (Å²) in [6.45, 7) is 4.63. The first-order valence-electron chi connectivity index (χ1n) is 39.8. The fourth-order valence-electron chi connectivity index (χ4n) is 10.3. The first-order valence-corrected chi connectivity index (χ1v) is 42.8. The molecule has 19 heteroatoms. The molecule has 0 heterocycles. The molecule has 0 bridgehead atoms. The molecule has 0 rings (SSSR count). The molecule has 0 aromatic carbocycles. The molecule has 17 nitrogen and oxygen atoms in total. The molecule has 0 fully saturated rings. The number of phosphoric acid groups is 2. The van der Waals surface area contributed by atoms with Crippen molar-refractivity contribution in [2.75, 3.05) is 39.6 Å². The van der Waals surface area contributed by atoms with E-state index in [0.717, 1.165) is 180 Å². The maximum absolute atomic E-state index is 13.1. The molecule has 2 unspecified atom stereocenters. The van der Waals surface area contributed by atoms with Gasteiger partial charge in [-0.25, -0.2) is 9.13 Å². The molecule has 0 saturated heterocycles. The summed E-state index contributed by atoms with van der Waals surface area (Å²) >= 11 is 0. The van der Waals surface area contributed by atoms with Gasteiger partial charge in [0.05, 0.1) is 26.4 Å². The zero-order valence-electron chi connectivity index (χ0n) is 64.0. The molecular formula is C83H142O17P2. The van der Waals surface area contributed by atoms with Gasteiger partial charge in [-0.05, 0) is 161 Å². The third kappa shape index (κ3) is 73.8. The van der Waals surface area contributed by atoms with E-state index in [1.165, 1.54) is 64.2 Å². The number of aliphatic hydroxyl groups is 1. The smallest absolute Gasteiger partial charge is 0.462 e. The van der Waals surface area contributed by atoms with E-state index >= 15 is 0 Å². The summed E-state index contributed by atoms with van der Waals surface area (Å²) in [6.07, 6.45) is 81.7. The fraction of sp³-hybridized carbons (Fsp3) is 0.711. The van der Waals surface area contributed by atoms with Crippen molar-refractivity contribution in [2.45, 2.75) is 341 Å². The van der Waals surface area contributed by atoms with Crippen LogP contribution in [0.1, 0.15) is 323 Å². The number of hydrogen-bond donors (Lipinski definition) is 3. The Morgan fingerprint density at radius 3 is 0.824 bits per heavy atom. The van der Waals surface area contributed by atoms with Gasteiger partial charge in [-0.15, -0.1) is 0 Å². The minimum absolute atomic E-state index is 0.0518. The van der Waals surface area contributed by atoms with Crippen LogP contribution in [0.2, 0.25) is 0 Å². The Kier molecular flexibility index (Phi) is 71.4. The van der Waals surface area contributed by atoms with Crippen LogP contribution in [0.25, 0.3) is 0 Å². The van der Waals surface area contributed by atoms with E-state index in [1.54, 1.807) is 0 Å². The van der Waals surface area contributed by atoms with Crippen molar-refractivity contribution in [3.63, 3.8) is 0 Å². The average Bonchev–Trinajstić information content (AvgIpc) is 0.924. The highest BCUT2D eigenvalue weighted by Gasteiger charge is 2.30. The zero-order valence-corrected chi connectivity index (χ0v) is 65.8. The van der Waals surface area contributed by atoms with Crippen molar-refractivity contribution in [3.05, 3.63) is 122 Å². The van der Waals surface area contributed by atoms with Gasteiger partial charge in [0.25, 0.3) is 0 Å². The monoisotopic (exact) mass is 1470 g/mol. The molecule has 0 aliphatic rings. The number of phosphoric ester groups is 2. The normalized spacial score (nSPS) is 14.5. The lowest BCUT2D eigenvalue weighted by Crippen LogP contribution is -2.30. The third-order valence-corrected chi connectivity index (χ3v) is 18.3. The molecule has 0 aromatic heterocycles. The number of esters is 4. The maximum Gasteiger partial charge on any atom is 0.472 e. The van der Waals surface area contributed by atoms with Gasteiger partial charge in [-0.3, -0.25) is 37.3 Å². The van der Waals surface area contributed by atoms with E-state index < -0.39 is 97.5 Å². The second-order valence-electron chi connectivity index (χ2n) is 26.3. The second kappa shape index (κ2) is 74.7. The van der Waals surface area contributed by atoms with E-state index in [9.17, 15) is 43.2 Å². The lowest BCUT2D eigenvalue weighted by atomic mass is 10.1. The second-order valence-corrected chi connectivity index (χ2v) is 29.2. The van der Waals surface area contributed by atoms with Gasteiger partial charge in [0.15, 0.2) is 12.2 Å². The summed E-state index contributed by atoms with van der Waals surface area (Å²) in [5.74, 6) is -2.25. The van der Waals surface area contributed by atoms with Crippen LogP contribution in [0.4, 0.5) is 0 Å². The van der Waals surface area contributed by atoms with Crippen LogP contribution in [-0.4, -0.2) is 96.7 Å². The Morgan fingerprint density at radius 2 is 0.510 bits per heavy atom. The summed E-state index contributed by atoms with van der Waals surface area (Å²) < 4.78 is 68.5. The van der Waals surface area contributed by atoms with Crippen molar-refractivity contribution in [1.82, 2.24) is 0 Å². The van der Waals surface area contributed by atoms with Crippen LogP contribution in [0.5, 0.6) is 0 Å². The van der Waals surface area contributed by atoms with Crippen LogP contribution in [0.3, 0.4) is 0 Å². The standard InChI is InChI=1S/C83H142O17P2/c1-5-9-13-17-21-25-29-33-36-37-38-39-42-46-50-54-58-62-66-70-83(88)100-78(73-93-80(85)67-63-59-55-51-47-43-32-28-24-20-16-12-8-4)75-97-101(89,90)95-71-77(84)72-96-102(91,92)98-76-79(99-82(87)69-65-61-57-53-49-45-41-35-31-27-23-19-15-11-7-3)74-94-81(86)68-64-60-56-52-48-44-40-34-30-26-22-18-14-10-6-2/h9,13,21-23,25-28,32-36,38-41,46,50,77-79,84H,5-8,10-12,14-20,24,29-31,37,42-45,47-49,51-76H2,1-4H3,(H,89,90)(H,91,92)/b13-9-,25-21-,26-22-,27-23-,32-28-,36-33-,39-38-,40-34-,41-35-,50-46-/t77-,78+,79+/m0/s1. The SMILES string of the molecule is CC/C=C\C/C=C\C/C=C\C/C=C\C/C=C\CCCCCC(=O)O[C@H](COC(=O)CCCCCCC/C=C\CCCCCC)COP(=O)(O)OC[C@H](O)COP(=O)(O)OC[C@@H](COC(=O)CCCCCCC/C=C\C/C=C\CCCCC)OC(=O)CCCCCCC/C=C\C/C=C\CCCCC. The third-order valence-electron chi connectivity index (χ3n) is 16.4. The van der Waals surface area contributed by atoms with Crippen molar-refractivity contribution >= 4 is 39.5 Å². The van der Waals surface area contributed by atoms with Crippen LogP contribution >= 0.6 is 15.6 Å². The Labute approximate surface area is 619 Å². The van der Waals surface area contributed by atoms with Gasteiger partial charge in [0.2, 0.25) is 0 Å². The molecule has 586 valence electrons. The van der Waals surface area contributed by atoms with Gasteiger partial charge in [0.1, 0.15) is 19.3 Å². The molecular weight excluding hydrogens is 1330 g/mol. The van der Waals surface area contributed by atoms with E-state index in [-0.39, 0.29) is 25.7 Å². The lowest BCUT2D eigenvalue weighted by molar-refractivity contribution is -0.161. The fourth-order valence-corrected chi connectivity index (χ4v) is 11.9. The predicted octanol–water partition coefficient (Wildman–Crippen LogP) is 23.1. The van der Waals surface area contributed by atoms with Gasteiger partial charge in [-0.1, -0.05) is 258 Å². The minimum atomic E-state index is -4.99. The number of ether oxygens (including phenoxy) is 4. The highest BCUT2D eigenvalue weighted by atomic mass is 31.2. The molecule has 0 aliphatic heterocycles. The molecule has 5 atom stereocenters. The number of hydrogen-bond acceptors (Lipinski definition) is 15. The Bertz CT molecular complexity index is 2410. The summed E-state index contributed by atoms with van der Waals surface area (Å²) in [5.41, 5.74) is 0. The average molecular weight is 1470 g/mol. The van der Waals surface area contributed by atoms with Gasteiger partial charge in [0, 0.05) is 25.7 Å². The Morgan fingerprint density at radius 1 is 0.284 bits per heavy atom. The van der Waals surface area contributed by atoms with E-state index in [1.807, 2.05) is 0 Å². The molecule has 0 spiro atoms. The highest BCUT2D eigenvalue weighted by Crippen LogP contribution is 2.45.